The molecule has 3 rings (SSSR count). The highest BCUT2D eigenvalue weighted by atomic mass is 79.9. The monoisotopic (exact) mass is 307 g/mol. The van der Waals surface area contributed by atoms with Gasteiger partial charge in [0.1, 0.15) is 6.33 Å². The molecule has 0 atom stereocenters. The molecule has 0 bridgehead atoms. The fourth-order valence-corrected chi connectivity index (χ4v) is 2.32. The molecule has 2 aromatic heterocycles. The quantitative estimate of drug-likeness (QED) is 0.791. The van der Waals surface area contributed by atoms with Gasteiger partial charge in [0.05, 0.1) is 12.1 Å². The van der Waals surface area contributed by atoms with Crippen LogP contribution in [-0.2, 0) is 13.1 Å². The van der Waals surface area contributed by atoms with Crippen molar-refractivity contribution >= 4 is 21.8 Å². The van der Waals surface area contributed by atoms with E-state index in [1.54, 1.807) is 29.7 Å². The van der Waals surface area contributed by atoms with E-state index in [4.69, 9.17) is 0 Å². The Labute approximate surface area is 112 Å². The molecule has 0 fully saturated rings. The van der Waals surface area contributed by atoms with Crippen molar-refractivity contribution in [3.05, 3.63) is 40.6 Å². The maximum absolute atomic E-state index is 12.3. The predicted octanol–water partition coefficient (Wildman–Crippen LogP) is 1.09. The van der Waals surface area contributed by atoms with Crippen LogP contribution in [0.2, 0.25) is 0 Å². The van der Waals surface area contributed by atoms with Crippen molar-refractivity contribution in [2.75, 3.05) is 6.54 Å². The zero-order valence-corrected chi connectivity index (χ0v) is 11.0. The van der Waals surface area contributed by atoms with Crippen LogP contribution in [0.3, 0.4) is 0 Å². The van der Waals surface area contributed by atoms with Gasteiger partial charge in [-0.3, -0.25) is 9.78 Å². The van der Waals surface area contributed by atoms with E-state index in [1.807, 2.05) is 4.57 Å². The summed E-state index contributed by atoms with van der Waals surface area (Å²) in [5, 5.41) is 7.83. The van der Waals surface area contributed by atoms with Gasteiger partial charge in [0.25, 0.3) is 5.91 Å². The Morgan fingerprint density at radius 2 is 2.22 bits per heavy atom. The first-order valence-electron chi connectivity index (χ1n) is 5.50. The highest BCUT2D eigenvalue weighted by Gasteiger charge is 2.23. The van der Waals surface area contributed by atoms with Crippen LogP contribution in [0.5, 0.6) is 0 Å². The van der Waals surface area contributed by atoms with Crippen molar-refractivity contribution in [3.63, 3.8) is 0 Å². The number of nitrogens with zero attached hydrogens (tertiary/aromatic N) is 5. The minimum Gasteiger partial charge on any atom is -0.329 e. The maximum Gasteiger partial charge on any atom is 0.255 e. The third-order valence-corrected chi connectivity index (χ3v) is 3.31. The summed E-state index contributed by atoms with van der Waals surface area (Å²) >= 11 is 3.31. The van der Waals surface area contributed by atoms with Gasteiger partial charge in [0.2, 0.25) is 0 Å². The molecule has 1 aliphatic heterocycles. The lowest BCUT2D eigenvalue weighted by atomic mass is 10.2. The van der Waals surface area contributed by atoms with Gasteiger partial charge in [-0.2, -0.15) is 0 Å². The van der Waals surface area contributed by atoms with Gasteiger partial charge in [-0.05, 0) is 22.0 Å². The summed E-state index contributed by atoms with van der Waals surface area (Å²) in [4.78, 5) is 18.1. The molecular formula is C11H10BrN5O. The van der Waals surface area contributed by atoms with E-state index in [1.165, 1.54) is 0 Å². The van der Waals surface area contributed by atoms with Crippen molar-refractivity contribution in [1.29, 1.82) is 0 Å². The third kappa shape index (κ3) is 2.01. The van der Waals surface area contributed by atoms with E-state index in [0.717, 1.165) is 16.8 Å². The highest BCUT2D eigenvalue weighted by Crippen LogP contribution is 2.15. The Morgan fingerprint density at radius 1 is 1.33 bits per heavy atom. The van der Waals surface area contributed by atoms with Crippen molar-refractivity contribution < 1.29 is 4.79 Å². The fraction of sp³-hybridized carbons (Fsp3) is 0.273. The Hall–Kier alpha value is -1.76. The molecule has 6 nitrogen and oxygen atoms in total. The van der Waals surface area contributed by atoms with Crippen LogP contribution in [0.4, 0.5) is 0 Å². The van der Waals surface area contributed by atoms with Gasteiger partial charge in [-0.15, -0.1) is 10.2 Å². The first kappa shape index (κ1) is 11.3. The van der Waals surface area contributed by atoms with Crippen LogP contribution >= 0.6 is 15.9 Å². The molecule has 2 aromatic rings. The van der Waals surface area contributed by atoms with Gasteiger partial charge in [-0.25, -0.2) is 0 Å². The van der Waals surface area contributed by atoms with Crippen LogP contribution < -0.4 is 0 Å². The van der Waals surface area contributed by atoms with Crippen LogP contribution in [-0.4, -0.2) is 37.1 Å². The maximum atomic E-state index is 12.3. The molecule has 0 aliphatic carbocycles. The number of amides is 1. The molecule has 0 aromatic carbocycles. The normalized spacial score (nSPS) is 14.4. The van der Waals surface area contributed by atoms with Crippen molar-refractivity contribution in [3.8, 4) is 0 Å². The SMILES string of the molecule is O=C(c1cncc(Br)c1)N1CCn2cnnc2C1. The summed E-state index contributed by atoms with van der Waals surface area (Å²) < 4.78 is 2.76. The second kappa shape index (κ2) is 4.49. The van der Waals surface area contributed by atoms with Crippen molar-refractivity contribution in [2.45, 2.75) is 13.1 Å². The molecule has 0 spiro atoms. The fourth-order valence-electron chi connectivity index (χ4n) is 1.95. The summed E-state index contributed by atoms with van der Waals surface area (Å²) in [7, 11) is 0. The van der Waals surface area contributed by atoms with Crippen LogP contribution in [0.1, 0.15) is 16.2 Å². The molecule has 3 heterocycles. The standard InChI is InChI=1S/C11H10BrN5O/c12-9-3-8(4-13-5-9)11(18)16-1-2-17-7-14-15-10(17)6-16/h3-5,7H,1-2,6H2. The number of hydrogen-bond donors (Lipinski definition) is 0. The van der Waals surface area contributed by atoms with E-state index in [2.05, 4.69) is 31.1 Å². The molecule has 1 aliphatic rings. The van der Waals surface area contributed by atoms with E-state index in [9.17, 15) is 4.79 Å². The molecule has 7 heteroatoms. The number of pyridine rings is 1. The number of carbonyl (C=O) groups excluding carboxylic acids is 1. The highest BCUT2D eigenvalue weighted by molar-refractivity contribution is 9.10. The van der Waals surface area contributed by atoms with E-state index in [-0.39, 0.29) is 5.91 Å². The molecule has 0 saturated heterocycles. The Morgan fingerprint density at radius 3 is 3.06 bits per heavy atom. The Kier molecular flexibility index (Phi) is 2.83. The second-order valence-electron chi connectivity index (χ2n) is 4.06. The third-order valence-electron chi connectivity index (χ3n) is 2.88. The molecular weight excluding hydrogens is 298 g/mol. The Bertz CT molecular complexity index is 597. The van der Waals surface area contributed by atoms with Gasteiger partial charge in [0.15, 0.2) is 5.82 Å². The van der Waals surface area contributed by atoms with E-state index >= 15 is 0 Å². The zero-order valence-electron chi connectivity index (χ0n) is 9.45. The summed E-state index contributed by atoms with van der Waals surface area (Å²) in [6, 6.07) is 1.77. The number of aromatic nitrogens is 4. The number of fused-ring (bicyclic) bond motifs is 1. The molecule has 1 amide bonds. The lowest BCUT2D eigenvalue weighted by molar-refractivity contribution is 0.0707. The summed E-state index contributed by atoms with van der Waals surface area (Å²) in [5.74, 6) is 0.788. The smallest absolute Gasteiger partial charge is 0.255 e. The number of halogens is 1. The first-order valence-corrected chi connectivity index (χ1v) is 6.30. The summed E-state index contributed by atoms with van der Waals surface area (Å²) in [6.45, 7) is 1.89. The van der Waals surface area contributed by atoms with Crippen LogP contribution in [0.25, 0.3) is 0 Å². The van der Waals surface area contributed by atoms with E-state index < -0.39 is 0 Å². The predicted molar refractivity (Wildman–Crippen MR) is 66.7 cm³/mol. The second-order valence-corrected chi connectivity index (χ2v) is 4.97. The number of rotatable bonds is 1. The van der Waals surface area contributed by atoms with E-state index in [0.29, 0.717) is 18.7 Å². The minimum atomic E-state index is -0.0296. The molecule has 0 N–H and O–H groups in total. The van der Waals surface area contributed by atoms with Gasteiger partial charge in [0, 0.05) is 30.0 Å². The number of carbonyl (C=O) groups is 1. The van der Waals surface area contributed by atoms with Crippen molar-refractivity contribution in [1.82, 2.24) is 24.6 Å². The first-order chi connectivity index (χ1) is 8.74. The average Bonchev–Trinajstić information content (AvgIpc) is 2.85. The largest absolute Gasteiger partial charge is 0.329 e. The lowest BCUT2D eigenvalue weighted by Crippen LogP contribution is -2.38. The van der Waals surface area contributed by atoms with Gasteiger partial charge in [-0.1, -0.05) is 0 Å². The van der Waals surface area contributed by atoms with Crippen molar-refractivity contribution in [2.24, 2.45) is 0 Å². The summed E-state index contributed by atoms with van der Waals surface area (Å²) in [5.41, 5.74) is 0.581. The van der Waals surface area contributed by atoms with Gasteiger partial charge >= 0.3 is 0 Å². The molecule has 0 saturated carbocycles. The van der Waals surface area contributed by atoms with Gasteiger partial charge < -0.3 is 9.47 Å². The molecule has 18 heavy (non-hydrogen) atoms. The van der Waals surface area contributed by atoms with Crippen LogP contribution in [0, 0.1) is 0 Å². The molecule has 0 unspecified atom stereocenters. The topological polar surface area (TPSA) is 63.9 Å². The molecule has 92 valence electrons. The van der Waals surface area contributed by atoms with Crippen LogP contribution in [0.15, 0.2) is 29.3 Å². The minimum absolute atomic E-state index is 0.0296. The summed E-state index contributed by atoms with van der Waals surface area (Å²) in [6.07, 6.45) is 4.92. The average molecular weight is 308 g/mol. The lowest BCUT2D eigenvalue weighted by Gasteiger charge is -2.27. The zero-order chi connectivity index (χ0) is 12.5. The Balaban J connectivity index is 1.83. The molecule has 0 radical (unpaired) electrons. The number of hydrogen-bond acceptors (Lipinski definition) is 4.